The number of carbonyl (C=O) groups is 3. The molecule has 2 heterocycles. The lowest BCUT2D eigenvalue weighted by Crippen LogP contribution is -2.34. The number of carbonyl (C=O) groups excluding carboxylic acids is 3. The second kappa shape index (κ2) is 7.94. The van der Waals surface area contributed by atoms with Crippen LogP contribution < -0.4 is 5.32 Å². The van der Waals surface area contributed by atoms with Crippen molar-refractivity contribution in [2.75, 3.05) is 6.61 Å². The largest absolute Gasteiger partial charge is 0.459 e. The number of halogens is 1. The van der Waals surface area contributed by atoms with Crippen molar-refractivity contribution in [1.29, 1.82) is 0 Å². The van der Waals surface area contributed by atoms with Crippen LogP contribution >= 0.6 is 22.9 Å². The van der Waals surface area contributed by atoms with E-state index >= 15 is 0 Å². The van der Waals surface area contributed by atoms with Gasteiger partial charge in [0.05, 0.1) is 6.26 Å². The zero-order valence-electron chi connectivity index (χ0n) is 13.1. The van der Waals surface area contributed by atoms with E-state index in [0.29, 0.717) is 10.0 Å². The fourth-order valence-corrected chi connectivity index (χ4v) is 2.94. The number of benzene rings is 1. The quantitative estimate of drug-likeness (QED) is 0.672. The summed E-state index contributed by atoms with van der Waals surface area (Å²) in [5.41, 5.74) is 0.832. The van der Waals surface area contributed by atoms with E-state index in [1.165, 1.54) is 35.1 Å². The monoisotopic (exact) mass is 390 g/mol. The summed E-state index contributed by atoms with van der Waals surface area (Å²) in [5.74, 6) is -2.27. The highest BCUT2D eigenvalue weighted by Gasteiger charge is 2.17. The maximum atomic E-state index is 12.0. The predicted molar refractivity (Wildman–Crippen MR) is 94.0 cm³/mol. The first kappa shape index (κ1) is 17.8. The van der Waals surface area contributed by atoms with Gasteiger partial charge in [0, 0.05) is 16.0 Å². The lowest BCUT2D eigenvalue weighted by molar-refractivity contribution is -0.123. The Hall–Kier alpha value is -2.97. The van der Waals surface area contributed by atoms with Gasteiger partial charge in [0.15, 0.2) is 18.1 Å². The van der Waals surface area contributed by atoms with E-state index in [0.717, 1.165) is 5.56 Å². The van der Waals surface area contributed by atoms with Crippen molar-refractivity contribution >= 4 is 40.7 Å². The van der Waals surface area contributed by atoms with Crippen molar-refractivity contribution in [2.24, 2.45) is 0 Å². The van der Waals surface area contributed by atoms with Gasteiger partial charge in [0.2, 0.25) is 0 Å². The number of ether oxygens (including phenoxy) is 1. The van der Waals surface area contributed by atoms with Crippen molar-refractivity contribution in [3.05, 3.63) is 64.5 Å². The lowest BCUT2D eigenvalue weighted by Gasteiger charge is -2.03. The summed E-state index contributed by atoms with van der Waals surface area (Å²) in [5, 5.41) is 4.71. The van der Waals surface area contributed by atoms with E-state index in [1.807, 2.05) is 11.4 Å². The van der Waals surface area contributed by atoms with Crippen LogP contribution in [0.5, 0.6) is 0 Å². The minimum atomic E-state index is -0.773. The number of rotatable bonds is 5. The molecule has 26 heavy (non-hydrogen) atoms. The average Bonchev–Trinajstić information content (AvgIpc) is 3.31. The molecule has 0 aliphatic heterocycles. The van der Waals surface area contributed by atoms with Crippen LogP contribution in [-0.4, -0.2) is 29.4 Å². The highest BCUT2D eigenvalue weighted by molar-refractivity contribution is 7.13. The van der Waals surface area contributed by atoms with Crippen molar-refractivity contribution in [2.45, 2.75) is 0 Å². The van der Waals surface area contributed by atoms with E-state index < -0.39 is 24.4 Å². The number of hydrogen-bond acceptors (Lipinski definition) is 7. The number of esters is 1. The maximum Gasteiger partial charge on any atom is 0.358 e. The molecule has 2 aromatic heterocycles. The SMILES string of the molecule is O=C(COC(=O)c1csc(-c2cccc(Cl)c2)n1)NC(=O)c1ccco1. The summed E-state index contributed by atoms with van der Waals surface area (Å²) >= 11 is 7.18. The molecule has 2 amide bonds. The molecule has 3 aromatic rings. The molecule has 0 fully saturated rings. The third-order valence-corrected chi connectivity index (χ3v) is 4.24. The van der Waals surface area contributed by atoms with Gasteiger partial charge in [-0.05, 0) is 24.3 Å². The highest BCUT2D eigenvalue weighted by atomic mass is 35.5. The first-order valence-corrected chi connectivity index (χ1v) is 8.55. The van der Waals surface area contributed by atoms with E-state index in [2.05, 4.69) is 4.98 Å². The third kappa shape index (κ3) is 4.35. The number of hydrogen-bond donors (Lipinski definition) is 1. The van der Waals surface area contributed by atoms with Crippen molar-refractivity contribution < 1.29 is 23.5 Å². The van der Waals surface area contributed by atoms with Crippen LogP contribution in [0.25, 0.3) is 10.6 Å². The van der Waals surface area contributed by atoms with Crippen molar-refractivity contribution in [3.63, 3.8) is 0 Å². The summed E-state index contributed by atoms with van der Waals surface area (Å²) in [6.07, 6.45) is 1.30. The Morgan fingerprint density at radius 2 is 2.08 bits per heavy atom. The highest BCUT2D eigenvalue weighted by Crippen LogP contribution is 2.26. The van der Waals surface area contributed by atoms with Crippen LogP contribution in [0.3, 0.4) is 0 Å². The van der Waals surface area contributed by atoms with Crippen molar-refractivity contribution in [3.8, 4) is 10.6 Å². The van der Waals surface area contributed by atoms with Gasteiger partial charge in [-0.2, -0.15) is 0 Å². The van der Waals surface area contributed by atoms with Gasteiger partial charge in [-0.1, -0.05) is 23.7 Å². The van der Waals surface area contributed by atoms with Crippen LogP contribution in [0.15, 0.2) is 52.5 Å². The number of amides is 2. The summed E-state index contributed by atoms with van der Waals surface area (Å²) in [6, 6.07) is 9.96. The van der Waals surface area contributed by atoms with Crippen molar-refractivity contribution in [1.82, 2.24) is 10.3 Å². The lowest BCUT2D eigenvalue weighted by atomic mass is 10.2. The molecule has 0 atom stereocenters. The number of aromatic nitrogens is 1. The van der Waals surface area contributed by atoms with Gasteiger partial charge in [0.25, 0.3) is 11.8 Å². The normalized spacial score (nSPS) is 10.3. The zero-order valence-corrected chi connectivity index (χ0v) is 14.7. The molecule has 0 aliphatic rings. The summed E-state index contributed by atoms with van der Waals surface area (Å²) in [4.78, 5) is 39.5. The smallest absolute Gasteiger partial charge is 0.358 e. The first-order valence-electron chi connectivity index (χ1n) is 7.29. The second-order valence-electron chi connectivity index (χ2n) is 4.98. The second-order valence-corrected chi connectivity index (χ2v) is 6.27. The minimum absolute atomic E-state index is 0.0182. The fourth-order valence-electron chi connectivity index (χ4n) is 1.96. The van der Waals surface area contributed by atoms with Crippen LogP contribution in [-0.2, 0) is 9.53 Å². The summed E-state index contributed by atoms with van der Waals surface area (Å²) in [7, 11) is 0. The Labute approximate surface area is 156 Å². The number of nitrogens with one attached hydrogen (secondary N) is 1. The number of nitrogens with zero attached hydrogens (tertiary/aromatic N) is 1. The topological polar surface area (TPSA) is 98.5 Å². The van der Waals surface area contributed by atoms with Gasteiger partial charge in [-0.25, -0.2) is 9.78 Å². The molecule has 3 rings (SSSR count). The fraction of sp³-hybridized carbons (Fsp3) is 0.0588. The predicted octanol–water partition coefficient (Wildman–Crippen LogP) is 3.17. The first-order chi connectivity index (χ1) is 12.5. The van der Waals surface area contributed by atoms with E-state index in [4.69, 9.17) is 20.8 Å². The Bertz CT molecular complexity index is 952. The summed E-state index contributed by atoms with van der Waals surface area (Å²) < 4.78 is 9.72. The molecule has 0 radical (unpaired) electrons. The Kier molecular flexibility index (Phi) is 5.45. The zero-order chi connectivity index (χ0) is 18.5. The molecule has 0 bridgehead atoms. The molecule has 132 valence electrons. The van der Waals surface area contributed by atoms with Crippen LogP contribution in [0.4, 0.5) is 0 Å². The maximum absolute atomic E-state index is 12.0. The van der Waals surface area contributed by atoms with Crippen LogP contribution in [0, 0.1) is 0 Å². The van der Waals surface area contributed by atoms with E-state index in [9.17, 15) is 14.4 Å². The van der Waals surface area contributed by atoms with E-state index in [-0.39, 0.29) is 11.5 Å². The molecule has 9 heteroatoms. The Morgan fingerprint density at radius 1 is 1.23 bits per heavy atom. The summed E-state index contributed by atoms with van der Waals surface area (Å²) in [6.45, 7) is -0.616. The van der Waals surface area contributed by atoms with Gasteiger partial charge in [-0.3, -0.25) is 14.9 Å². The third-order valence-electron chi connectivity index (χ3n) is 3.12. The molecule has 1 aromatic carbocycles. The van der Waals surface area contributed by atoms with Crippen LogP contribution in [0.2, 0.25) is 5.02 Å². The molecular weight excluding hydrogens is 380 g/mol. The van der Waals surface area contributed by atoms with Gasteiger partial charge >= 0.3 is 5.97 Å². The van der Waals surface area contributed by atoms with Gasteiger partial charge < -0.3 is 9.15 Å². The minimum Gasteiger partial charge on any atom is -0.459 e. The van der Waals surface area contributed by atoms with Gasteiger partial charge in [-0.15, -0.1) is 11.3 Å². The molecule has 0 saturated carbocycles. The number of thiazole rings is 1. The molecule has 1 N–H and O–H groups in total. The Morgan fingerprint density at radius 3 is 2.81 bits per heavy atom. The average molecular weight is 391 g/mol. The Balaban J connectivity index is 1.55. The number of furan rings is 1. The van der Waals surface area contributed by atoms with Gasteiger partial charge in [0.1, 0.15) is 5.01 Å². The van der Waals surface area contributed by atoms with Crippen LogP contribution in [0.1, 0.15) is 21.0 Å². The van der Waals surface area contributed by atoms with E-state index in [1.54, 1.807) is 18.2 Å². The molecular formula is C17H11ClN2O5S. The molecule has 0 saturated heterocycles. The molecule has 0 spiro atoms. The molecule has 0 unspecified atom stereocenters. The number of imide groups is 1. The molecule has 7 nitrogen and oxygen atoms in total. The standard InChI is InChI=1S/C17H11ClN2O5S/c18-11-4-1-3-10(7-11)16-19-12(9-26-16)17(23)25-8-14(21)20-15(22)13-5-2-6-24-13/h1-7,9H,8H2,(H,20,21,22). The molecule has 0 aliphatic carbocycles.